The summed E-state index contributed by atoms with van der Waals surface area (Å²) < 4.78 is 0. The minimum absolute atomic E-state index is 0.111. The van der Waals surface area contributed by atoms with Gasteiger partial charge in [-0.3, -0.25) is 9.59 Å². The molecule has 1 aliphatic heterocycles. The molecule has 1 heterocycles. The van der Waals surface area contributed by atoms with E-state index in [2.05, 4.69) is 5.32 Å². The molecule has 1 aliphatic rings. The van der Waals surface area contributed by atoms with Crippen molar-refractivity contribution in [1.29, 1.82) is 0 Å². The van der Waals surface area contributed by atoms with Crippen LogP contribution in [0.4, 0.5) is 0 Å². The second-order valence-electron chi connectivity index (χ2n) is 5.65. The molecule has 0 spiro atoms. The predicted octanol–water partition coefficient (Wildman–Crippen LogP) is 2.29. The number of halogens is 1. The maximum atomic E-state index is 12.7. The van der Waals surface area contributed by atoms with Crippen LogP contribution in [0, 0.1) is 0 Å². The van der Waals surface area contributed by atoms with E-state index < -0.39 is 6.04 Å². The van der Waals surface area contributed by atoms with Crippen molar-refractivity contribution in [2.45, 2.75) is 12.5 Å². The van der Waals surface area contributed by atoms with Gasteiger partial charge >= 0.3 is 0 Å². The molecule has 124 valence electrons. The van der Waals surface area contributed by atoms with E-state index in [-0.39, 0.29) is 24.0 Å². The fraction of sp³-hybridized carbons (Fsp3) is 0.222. The molecule has 0 radical (unpaired) electrons. The smallest absolute Gasteiger partial charge is 0.247 e. The number of piperazine rings is 1. The number of hydrogen-bond donors (Lipinski definition) is 2. The van der Waals surface area contributed by atoms with Gasteiger partial charge in [0, 0.05) is 23.7 Å². The van der Waals surface area contributed by atoms with Crippen LogP contribution < -0.4 is 5.32 Å². The Hall–Kier alpha value is -2.53. The largest absolute Gasteiger partial charge is 0.508 e. The summed E-state index contributed by atoms with van der Waals surface area (Å²) in [5.41, 5.74) is 1.31. The van der Waals surface area contributed by atoms with Crippen LogP contribution in [0.15, 0.2) is 48.5 Å². The Labute approximate surface area is 144 Å². The third-order valence-corrected chi connectivity index (χ3v) is 4.34. The summed E-state index contributed by atoms with van der Waals surface area (Å²) in [5, 5.41) is 12.8. The molecule has 0 aromatic heterocycles. The SMILES string of the molecule is O=C1NCCN(C(=O)Cc2cccc(O)c2)[C@@H]1c1ccccc1Cl. The normalized spacial score (nSPS) is 17.5. The van der Waals surface area contributed by atoms with Crippen molar-refractivity contribution in [2.24, 2.45) is 0 Å². The van der Waals surface area contributed by atoms with Gasteiger partial charge in [-0.15, -0.1) is 0 Å². The van der Waals surface area contributed by atoms with Crippen LogP contribution in [-0.2, 0) is 16.0 Å². The molecule has 5 nitrogen and oxygen atoms in total. The third kappa shape index (κ3) is 3.36. The number of carbonyl (C=O) groups is 2. The monoisotopic (exact) mass is 344 g/mol. The molecule has 24 heavy (non-hydrogen) atoms. The van der Waals surface area contributed by atoms with E-state index in [9.17, 15) is 14.7 Å². The van der Waals surface area contributed by atoms with Crippen LogP contribution >= 0.6 is 11.6 Å². The van der Waals surface area contributed by atoms with E-state index in [0.717, 1.165) is 0 Å². The van der Waals surface area contributed by atoms with Gasteiger partial charge in [0.05, 0.1) is 6.42 Å². The first-order valence-electron chi connectivity index (χ1n) is 7.66. The molecule has 0 aliphatic carbocycles. The van der Waals surface area contributed by atoms with E-state index in [1.54, 1.807) is 53.4 Å². The second kappa shape index (κ2) is 6.93. The van der Waals surface area contributed by atoms with E-state index in [0.29, 0.717) is 29.2 Å². The summed E-state index contributed by atoms with van der Waals surface area (Å²) in [7, 11) is 0. The molecule has 1 atom stereocenters. The Kier molecular flexibility index (Phi) is 4.71. The van der Waals surface area contributed by atoms with Gasteiger partial charge in [0.1, 0.15) is 11.8 Å². The summed E-state index contributed by atoms with van der Waals surface area (Å²) >= 11 is 6.22. The molecule has 0 unspecified atom stereocenters. The van der Waals surface area contributed by atoms with Crippen LogP contribution in [-0.4, -0.2) is 34.9 Å². The maximum absolute atomic E-state index is 12.7. The van der Waals surface area contributed by atoms with Gasteiger partial charge < -0.3 is 15.3 Å². The first kappa shape index (κ1) is 16.3. The molecule has 2 amide bonds. The standard InChI is InChI=1S/C18H17ClN2O3/c19-15-7-2-1-6-14(15)17-18(24)20-8-9-21(17)16(23)11-12-4-3-5-13(22)10-12/h1-7,10,17,22H,8-9,11H2,(H,20,24)/t17-/m1/s1. The molecule has 3 rings (SSSR count). The van der Waals surface area contributed by atoms with Crippen LogP contribution in [0.3, 0.4) is 0 Å². The van der Waals surface area contributed by atoms with Crippen molar-refractivity contribution in [3.63, 3.8) is 0 Å². The minimum atomic E-state index is -0.739. The molecular weight excluding hydrogens is 328 g/mol. The van der Waals surface area contributed by atoms with Crippen LogP contribution in [0.2, 0.25) is 5.02 Å². The van der Waals surface area contributed by atoms with E-state index in [1.807, 2.05) is 0 Å². The zero-order chi connectivity index (χ0) is 17.1. The number of aromatic hydroxyl groups is 1. The summed E-state index contributed by atoms with van der Waals surface area (Å²) in [4.78, 5) is 26.7. The Balaban J connectivity index is 1.87. The zero-order valence-electron chi connectivity index (χ0n) is 12.9. The number of phenols is 1. The first-order valence-corrected chi connectivity index (χ1v) is 8.03. The summed E-state index contributed by atoms with van der Waals surface area (Å²) in [5.74, 6) is -0.307. The zero-order valence-corrected chi connectivity index (χ0v) is 13.7. The fourth-order valence-corrected chi connectivity index (χ4v) is 3.12. The highest BCUT2D eigenvalue weighted by atomic mass is 35.5. The number of benzene rings is 2. The summed E-state index contributed by atoms with van der Waals surface area (Å²) in [6.07, 6.45) is 0.114. The Morgan fingerprint density at radius 3 is 2.79 bits per heavy atom. The molecule has 2 N–H and O–H groups in total. The van der Waals surface area contributed by atoms with Crippen molar-refractivity contribution in [2.75, 3.05) is 13.1 Å². The van der Waals surface area contributed by atoms with Crippen LogP contribution in [0.1, 0.15) is 17.2 Å². The number of hydrogen-bond acceptors (Lipinski definition) is 3. The lowest BCUT2D eigenvalue weighted by Gasteiger charge is -2.35. The quantitative estimate of drug-likeness (QED) is 0.897. The van der Waals surface area contributed by atoms with Crippen LogP contribution in [0.25, 0.3) is 0 Å². The molecule has 1 fully saturated rings. The second-order valence-corrected chi connectivity index (χ2v) is 6.06. The number of amides is 2. The van der Waals surface area contributed by atoms with Crippen molar-refractivity contribution in [3.8, 4) is 5.75 Å². The minimum Gasteiger partial charge on any atom is -0.508 e. The van der Waals surface area contributed by atoms with Gasteiger partial charge in [0.15, 0.2) is 0 Å². The number of nitrogens with one attached hydrogen (secondary N) is 1. The number of rotatable bonds is 3. The molecule has 0 saturated carbocycles. The van der Waals surface area contributed by atoms with Gasteiger partial charge in [0.2, 0.25) is 11.8 Å². The topological polar surface area (TPSA) is 69.6 Å². The third-order valence-electron chi connectivity index (χ3n) is 4.00. The first-order chi connectivity index (χ1) is 11.6. The van der Waals surface area contributed by atoms with Crippen molar-refractivity contribution < 1.29 is 14.7 Å². The lowest BCUT2D eigenvalue weighted by Crippen LogP contribution is -2.52. The molecule has 1 saturated heterocycles. The summed E-state index contributed by atoms with van der Waals surface area (Å²) in [6.45, 7) is 0.824. The van der Waals surface area contributed by atoms with E-state index >= 15 is 0 Å². The maximum Gasteiger partial charge on any atom is 0.247 e. The van der Waals surface area contributed by atoms with Crippen molar-refractivity contribution >= 4 is 23.4 Å². The lowest BCUT2D eigenvalue weighted by molar-refractivity contribution is -0.143. The number of phenolic OH excluding ortho intramolecular Hbond substituents is 1. The van der Waals surface area contributed by atoms with Gasteiger partial charge in [-0.05, 0) is 23.8 Å². The lowest BCUT2D eigenvalue weighted by atomic mass is 10.0. The highest BCUT2D eigenvalue weighted by molar-refractivity contribution is 6.31. The van der Waals surface area contributed by atoms with Crippen molar-refractivity contribution in [1.82, 2.24) is 10.2 Å². The molecule has 0 bridgehead atoms. The van der Waals surface area contributed by atoms with Crippen LogP contribution in [0.5, 0.6) is 5.75 Å². The average Bonchev–Trinajstić information content (AvgIpc) is 2.55. The van der Waals surface area contributed by atoms with E-state index in [4.69, 9.17) is 11.6 Å². The van der Waals surface area contributed by atoms with Crippen molar-refractivity contribution in [3.05, 3.63) is 64.7 Å². The van der Waals surface area contributed by atoms with Gasteiger partial charge in [0.25, 0.3) is 0 Å². The Morgan fingerprint density at radius 2 is 2.04 bits per heavy atom. The molecular formula is C18H17ClN2O3. The Morgan fingerprint density at radius 1 is 1.25 bits per heavy atom. The average molecular weight is 345 g/mol. The highest BCUT2D eigenvalue weighted by Gasteiger charge is 2.35. The number of carbonyl (C=O) groups excluding carboxylic acids is 2. The molecule has 2 aromatic rings. The molecule has 2 aromatic carbocycles. The Bertz CT molecular complexity index is 778. The van der Waals surface area contributed by atoms with E-state index in [1.165, 1.54) is 0 Å². The molecule has 6 heteroatoms. The van der Waals surface area contributed by atoms with Gasteiger partial charge in [-0.25, -0.2) is 0 Å². The number of nitrogens with zero attached hydrogens (tertiary/aromatic N) is 1. The summed E-state index contributed by atoms with van der Waals surface area (Å²) in [6, 6.07) is 12.9. The predicted molar refractivity (Wildman–Crippen MR) is 90.7 cm³/mol. The fourth-order valence-electron chi connectivity index (χ4n) is 2.88. The van der Waals surface area contributed by atoms with Gasteiger partial charge in [-0.1, -0.05) is 41.9 Å². The van der Waals surface area contributed by atoms with Gasteiger partial charge in [-0.2, -0.15) is 0 Å². The highest BCUT2D eigenvalue weighted by Crippen LogP contribution is 2.29.